The van der Waals surface area contributed by atoms with Crippen molar-refractivity contribution in [3.8, 4) is 11.5 Å². The summed E-state index contributed by atoms with van der Waals surface area (Å²) < 4.78 is 11.1. The van der Waals surface area contributed by atoms with Gasteiger partial charge in [0, 0.05) is 38.8 Å². The molecule has 0 N–H and O–H groups in total. The molecule has 1 aliphatic rings. The van der Waals surface area contributed by atoms with E-state index in [0.717, 1.165) is 56.4 Å². The smallest absolute Gasteiger partial charge is 0.125 e. The van der Waals surface area contributed by atoms with Crippen LogP contribution >= 0.6 is 0 Å². The molecule has 1 saturated heterocycles. The van der Waals surface area contributed by atoms with Crippen molar-refractivity contribution in [2.45, 2.75) is 6.92 Å². The van der Waals surface area contributed by atoms with Gasteiger partial charge < -0.3 is 14.4 Å². The average molecular weight is 264 g/mol. The van der Waals surface area contributed by atoms with Gasteiger partial charge in [-0.3, -0.25) is 4.90 Å². The van der Waals surface area contributed by atoms with Crippen LogP contribution in [0.2, 0.25) is 0 Å². The Labute approximate surface area is 115 Å². The van der Waals surface area contributed by atoms with Crippen molar-refractivity contribution < 1.29 is 9.47 Å². The molecule has 1 heterocycles. The average Bonchev–Trinajstić information content (AvgIpc) is 2.43. The van der Waals surface area contributed by atoms with E-state index in [1.54, 1.807) is 7.11 Å². The minimum atomic E-state index is 0.732. The molecule has 0 aromatic heterocycles. The lowest BCUT2D eigenvalue weighted by Crippen LogP contribution is -2.45. The van der Waals surface area contributed by atoms with Gasteiger partial charge in [0.1, 0.15) is 18.1 Å². The summed E-state index contributed by atoms with van der Waals surface area (Å²) in [5.74, 6) is 1.77. The molecule has 4 nitrogen and oxygen atoms in total. The number of rotatable bonds is 5. The highest BCUT2D eigenvalue weighted by molar-refractivity contribution is 5.39. The molecule has 19 heavy (non-hydrogen) atoms. The first-order valence-electron chi connectivity index (χ1n) is 6.87. The first-order chi connectivity index (χ1) is 9.19. The number of likely N-dealkylation sites (N-methyl/N-ethyl adjacent to an activating group) is 1. The molecular weight excluding hydrogens is 240 g/mol. The summed E-state index contributed by atoms with van der Waals surface area (Å²) in [5.41, 5.74) is 1.13. The Balaban J connectivity index is 1.76. The highest BCUT2D eigenvalue weighted by atomic mass is 16.5. The third-order valence-electron chi connectivity index (χ3n) is 3.65. The summed E-state index contributed by atoms with van der Waals surface area (Å²) in [6.45, 7) is 8.33. The molecule has 0 amide bonds. The maximum absolute atomic E-state index is 5.80. The summed E-state index contributed by atoms with van der Waals surface area (Å²) in [5, 5.41) is 0. The van der Waals surface area contributed by atoms with Gasteiger partial charge in [-0.15, -0.1) is 0 Å². The van der Waals surface area contributed by atoms with Crippen LogP contribution < -0.4 is 9.47 Å². The van der Waals surface area contributed by atoms with Gasteiger partial charge in [0.05, 0.1) is 7.11 Å². The minimum absolute atomic E-state index is 0.732. The SMILES string of the molecule is COc1cc(OCCN2CCN(C)CC2)ccc1C. The predicted molar refractivity (Wildman–Crippen MR) is 77.2 cm³/mol. The van der Waals surface area contributed by atoms with Gasteiger partial charge in [-0.25, -0.2) is 0 Å². The molecule has 0 spiro atoms. The van der Waals surface area contributed by atoms with Crippen LogP contribution in [0.1, 0.15) is 5.56 Å². The summed E-state index contributed by atoms with van der Waals surface area (Å²) in [4.78, 5) is 4.81. The summed E-state index contributed by atoms with van der Waals surface area (Å²) in [6, 6.07) is 5.99. The van der Waals surface area contributed by atoms with Crippen molar-refractivity contribution in [3.05, 3.63) is 23.8 Å². The monoisotopic (exact) mass is 264 g/mol. The first-order valence-corrected chi connectivity index (χ1v) is 6.87. The Bertz CT molecular complexity index is 401. The number of aryl methyl sites for hydroxylation is 1. The third-order valence-corrected chi connectivity index (χ3v) is 3.65. The normalized spacial score (nSPS) is 17.4. The van der Waals surface area contributed by atoms with E-state index < -0.39 is 0 Å². The third kappa shape index (κ3) is 4.11. The molecule has 1 fully saturated rings. The van der Waals surface area contributed by atoms with E-state index in [9.17, 15) is 0 Å². The van der Waals surface area contributed by atoms with Gasteiger partial charge in [-0.05, 0) is 25.6 Å². The van der Waals surface area contributed by atoms with Crippen LogP contribution in [0.15, 0.2) is 18.2 Å². The van der Waals surface area contributed by atoms with Gasteiger partial charge in [0.25, 0.3) is 0 Å². The lowest BCUT2D eigenvalue weighted by molar-refractivity contribution is 0.133. The predicted octanol–water partition coefficient (Wildman–Crippen LogP) is 1.63. The van der Waals surface area contributed by atoms with E-state index in [1.807, 2.05) is 25.1 Å². The van der Waals surface area contributed by atoms with Crippen LogP contribution in [-0.4, -0.2) is 63.3 Å². The van der Waals surface area contributed by atoms with Crippen LogP contribution in [0.5, 0.6) is 11.5 Å². The zero-order valence-electron chi connectivity index (χ0n) is 12.2. The molecule has 0 bridgehead atoms. The van der Waals surface area contributed by atoms with Crippen LogP contribution in [0, 0.1) is 6.92 Å². The number of nitrogens with zero attached hydrogens (tertiary/aromatic N) is 2. The molecule has 1 aromatic rings. The van der Waals surface area contributed by atoms with Crippen molar-refractivity contribution in [2.24, 2.45) is 0 Å². The molecule has 0 saturated carbocycles. The fraction of sp³-hybridized carbons (Fsp3) is 0.600. The largest absolute Gasteiger partial charge is 0.496 e. The molecule has 0 radical (unpaired) electrons. The second kappa shape index (κ2) is 6.78. The number of piperazine rings is 1. The standard InChI is InChI=1S/C15H24N2O2/c1-13-4-5-14(12-15(13)18-3)19-11-10-17-8-6-16(2)7-9-17/h4-5,12H,6-11H2,1-3H3. The zero-order chi connectivity index (χ0) is 13.7. The van der Waals surface area contributed by atoms with Gasteiger partial charge in [-0.1, -0.05) is 6.07 Å². The van der Waals surface area contributed by atoms with Crippen molar-refractivity contribution >= 4 is 0 Å². The van der Waals surface area contributed by atoms with Crippen molar-refractivity contribution in [1.82, 2.24) is 9.80 Å². The molecule has 2 rings (SSSR count). The second-order valence-electron chi connectivity index (χ2n) is 5.12. The highest BCUT2D eigenvalue weighted by Gasteiger charge is 2.13. The zero-order valence-corrected chi connectivity index (χ0v) is 12.2. The van der Waals surface area contributed by atoms with Gasteiger partial charge in [0.15, 0.2) is 0 Å². The van der Waals surface area contributed by atoms with E-state index in [2.05, 4.69) is 16.8 Å². The Kier molecular flexibility index (Phi) is 5.05. The maximum Gasteiger partial charge on any atom is 0.125 e. The van der Waals surface area contributed by atoms with Crippen LogP contribution in [0.25, 0.3) is 0 Å². The summed E-state index contributed by atoms with van der Waals surface area (Å²) >= 11 is 0. The molecule has 1 aliphatic heterocycles. The van der Waals surface area contributed by atoms with Crippen molar-refractivity contribution in [3.63, 3.8) is 0 Å². The van der Waals surface area contributed by atoms with E-state index in [4.69, 9.17) is 9.47 Å². The lowest BCUT2D eigenvalue weighted by Gasteiger charge is -2.32. The second-order valence-corrected chi connectivity index (χ2v) is 5.12. The molecule has 106 valence electrons. The molecule has 0 unspecified atom stereocenters. The topological polar surface area (TPSA) is 24.9 Å². The van der Waals surface area contributed by atoms with Gasteiger partial charge in [0.2, 0.25) is 0 Å². The number of hydrogen-bond acceptors (Lipinski definition) is 4. The number of ether oxygens (including phenoxy) is 2. The number of benzene rings is 1. The quantitative estimate of drug-likeness (QED) is 0.807. The summed E-state index contributed by atoms with van der Waals surface area (Å²) in [6.07, 6.45) is 0. The molecule has 0 atom stereocenters. The molecule has 4 heteroatoms. The van der Waals surface area contributed by atoms with Crippen LogP contribution in [0.3, 0.4) is 0 Å². The van der Waals surface area contributed by atoms with Crippen LogP contribution in [-0.2, 0) is 0 Å². The molecular formula is C15H24N2O2. The minimum Gasteiger partial charge on any atom is -0.496 e. The van der Waals surface area contributed by atoms with E-state index >= 15 is 0 Å². The first kappa shape index (κ1) is 14.2. The van der Waals surface area contributed by atoms with Crippen molar-refractivity contribution in [1.29, 1.82) is 0 Å². The Morgan fingerprint density at radius 1 is 1.16 bits per heavy atom. The Morgan fingerprint density at radius 2 is 1.89 bits per heavy atom. The number of hydrogen-bond donors (Lipinski definition) is 0. The van der Waals surface area contributed by atoms with E-state index in [0.29, 0.717) is 0 Å². The lowest BCUT2D eigenvalue weighted by atomic mass is 10.2. The Hall–Kier alpha value is -1.26. The maximum atomic E-state index is 5.80. The highest BCUT2D eigenvalue weighted by Crippen LogP contribution is 2.23. The number of methoxy groups -OCH3 is 1. The summed E-state index contributed by atoms with van der Waals surface area (Å²) in [7, 11) is 3.86. The van der Waals surface area contributed by atoms with Gasteiger partial charge >= 0.3 is 0 Å². The van der Waals surface area contributed by atoms with E-state index in [1.165, 1.54) is 0 Å². The van der Waals surface area contributed by atoms with Crippen molar-refractivity contribution in [2.75, 3.05) is 53.5 Å². The molecule has 0 aliphatic carbocycles. The fourth-order valence-electron chi connectivity index (χ4n) is 2.25. The molecule has 1 aromatic carbocycles. The van der Waals surface area contributed by atoms with E-state index in [-0.39, 0.29) is 0 Å². The Morgan fingerprint density at radius 3 is 2.58 bits per heavy atom. The van der Waals surface area contributed by atoms with Crippen LogP contribution in [0.4, 0.5) is 0 Å². The fourth-order valence-corrected chi connectivity index (χ4v) is 2.25. The van der Waals surface area contributed by atoms with Gasteiger partial charge in [-0.2, -0.15) is 0 Å².